The van der Waals surface area contributed by atoms with Crippen LogP contribution in [0.4, 0.5) is 0 Å². The Morgan fingerprint density at radius 1 is 1.21 bits per heavy atom. The highest BCUT2D eigenvalue weighted by molar-refractivity contribution is 5.85. The van der Waals surface area contributed by atoms with Crippen LogP contribution in [0.25, 0.3) is 11.1 Å². The summed E-state index contributed by atoms with van der Waals surface area (Å²) < 4.78 is 11.4. The second-order valence-corrected chi connectivity index (χ2v) is 5.21. The molecule has 0 aliphatic heterocycles. The van der Waals surface area contributed by atoms with Gasteiger partial charge in [-0.2, -0.15) is 0 Å². The van der Waals surface area contributed by atoms with Crippen LogP contribution >= 0.6 is 12.4 Å². The highest BCUT2D eigenvalue weighted by Gasteiger charge is 2.15. The molecule has 0 amide bonds. The van der Waals surface area contributed by atoms with Gasteiger partial charge in [-0.1, -0.05) is 24.3 Å². The number of pyridine rings is 1. The van der Waals surface area contributed by atoms with Gasteiger partial charge in [0.25, 0.3) is 5.56 Å². The fourth-order valence-electron chi connectivity index (χ4n) is 2.34. The van der Waals surface area contributed by atoms with Gasteiger partial charge in [-0.15, -0.1) is 12.4 Å². The van der Waals surface area contributed by atoms with Crippen LogP contribution in [0.3, 0.4) is 0 Å². The van der Waals surface area contributed by atoms with Crippen molar-refractivity contribution in [3.05, 3.63) is 52.4 Å². The average molecular weight is 353 g/mol. The molecule has 7 heteroatoms. The Kier molecular flexibility index (Phi) is 7.00. The molecule has 0 fully saturated rings. The van der Waals surface area contributed by atoms with Gasteiger partial charge in [0.2, 0.25) is 0 Å². The third kappa shape index (κ3) is 4.15. The molecule has 0 aliphatic carbocycles. The van der Waals surface area contributed by atoms with E-state index in [-0.39, 0.29) is 18.0 Å². The van der Waals surface area contributed by atoms with E-state index >= 15 is 0 Å². The number of hydrogen-bond acceptors (Lipinski definition) is 5. The summed E-state index contributed by atoms with van der Waals surface area (Å²) in [6, 6.07) is 8.35. The van der Waals surface area contributed by atoms with Gasteiger partial charge in [0.15, 0.2) is 0 Å². The Morgan fingerprint density at radius 3 is 2.38 bits per heavy atom. The van der Waals surface area contributed by atoms with E-state index < -0.39 is 12.0 Å². The van der Waals surface area contributed by atoms with E-state index in [0.717, 1.165) is 11.1 Å². The second-order valence-electron chi connectivity index (χ2n) is 5.21. The van der Waals surface area contributed by atoms with Crippen LogP contribution in [0.15, 0.2) is 41.3 Å². The van der Waals surface area contributed by atoms with E-state index in [1.807, 2.05) is 24.3 Å². The summed E-state index contributed by atoms with van der Waals surface area (Å²) in [6.07, 6.45) is 2.03. The van der Waals surface area contributed by atoms with Crippen LogP contribution in [0.1, 0.15) is 5.56 Å². The number of hydrogen-bond donors (Lipinski definition) is 1. The smallest absolute Gasteiger partial charge is 0.322 e. The summed E-state index contributed by atoms with van der Waals surface area (Å²) in [6.45, 7) is 0. The number of carbonyl (C=O) groups is 1. The first-order valence-electron chi connectivity index (χ1n) is 7.14. The van der Waals surface area contributed by atoms with Crippen molar-refractivity contribution in [2.24, 2.45) is 12.8 Å². The largest absolute Gasteiger partial charge is 0.496 e. The number of ether oxygens (including phenoxy) is 2. The molecule has 0 radical (unpaired) electrons. The number of nitrogens with zero attached hydrogens (tertiary/aromatic N) is 1. The molecule has 2 rings (SSSR count). The van der Waals surface area contributed by atoms with Crippen molar-refractivity contribution < 1.29 is 14.3 Å². The minimum absolute atomic E-state index is 0. The first-order chi connectivity index (χ1) is 11.0. The topological polar surface area (TPSA) is 83.5 Å². The average Bonchev–Trinajstić information content (AvgIpc) is 2.57. The summed E-state index contributed by atoms with van der Waals surface area (Å²) in [4.78, 5) is 23.7. The molecule has 130 valence electrons. The maximum absolute atomic E-state index is 12.3. The molecule has 0 unspecified atom stereocenters. The first kappa shape index (κ1) is 19.7. The van der Waals surface area contributed by atoms with Crippen molar-refractivity contribution >= 4 is 18.4 Å². The van der Waals surface area contributed by atoms with E-state index in [4.69, 9.17) is 10.5 Å². The number of halogens is 1. The van der Waals surface area contributed by atoms with Gasteiger partial charge < -0.3 is 19.8 Å². The van der Waals surface area contributed by atoms with Crippen LogP contribution in [-0.2, 0) is 23.0 Å². The van der Waals surface area contributed by atoms with Crippen LogP contribution in [0.5, 0.6) is 5.75 Å². The van der Waals surface area contributed by atoms with E-state index in [2.05, 4.69) is 4.74 Å². The molecule has 1 heterocycles. The zero-order valence-corrected chi connectivity index (χ0v) is 14.6. The molecule has 0 saturated carbocycles. The minimum Gasteiger partial charge on any atom is -0.496 e. The monoisotopic (exact) mass is 352 g/mol. The summed E-state index contributed by atoms with van der Waals surface area (Å²) >= 11 is 0. The van der Waals surface area contributed by atoms with E-state index in [0.29, 0.717) is 17.7 Å². The molecule has 0 saturated heterocycles. The van der Waals surface area contributed by atoms with Crippen LogP contribution < -0.4 is 16.0 Å². The molecule has 0 bridgehead atoms. The molecule has 0 spiro atoms. The fraction of sp³-hybridized carbons (Fsp3) is 0.294. The van der Waals surface area contributed by atoms with Crippen molar-refractivity contribution in [1.82, 2.24) is 4.57 Å². The quantitative estimate of drug-likeness (QED) is 0.825. The number of aromatic nitrogens is 1. The summed E-state index contributed by atoms with van der Waals surface area (Å²) in [5.74, 6) is 0.0692. The van der Waals surface area contributed by atoms with Gasteiger partial charge in [-0.05, 0) is 23.6 Å². The third-order valence-corrected chi connectivity index (χ3v) is 3.65. The summed E-state index contributed by atoms with van der Waals surface area (Å²) in [7, 11) is 4.53. The molecule has 2 aromatic rings. The normalized spacial score (nSPS) is 11.3. The lowest BCUT2D eigenvalue weighted by Crippen LogP contribution is -2.33. The van der Waals surface area contributed by atoms with E-state index in [9.17, 15) is 9.59 Å². The number of esters is 1. The van der Waals surface area contributed by atoms with E-state index in [1.165, 1.54) is 18.8 Å². The maximum Gasteiger partial charge on any atom is 0.322 e. The lowest BCUT2D eigenvalue weighted by Gasteiger charge is -2.12. The number of rotatable bonds is 5. The number of benzene rings is 1. The molecular weight excluding hydrogens is 332 g/mol. The van der Waals surface area contributed by atoms with Gasteiger partial charge in [0.05, 0.1) is 19.8 Å². The van der Waals surface area contributed by atoms with E-state index in [1.54, 1.807) is 19.3 Å². The van der Waals surface area contributed by atoms with Crippen molar-refractivity contribution in [2.45, 2.75) is 12.5 Å². The molecule has 0 aliphatic rings. The molecule has 2 N–H and O–H groups in total. The molecular formula is C17H21ClN2O4. The van der Waals surface area contributed by atoms with Gasteiger partial charge >= 0.3 is 5.97 Å². The zero-order valence-electron chi connectivity index (χ0n) is 13.8. The van der Waals surface area contributed by atoms with Crippen molar-refractivity contribution in [2.75, 3.05) is 14.2 Å². The lowest BCUT2D eigenvalue weighted by molar-refractivity contribution is -0.142. The lowest BCUT2D eigenvalue weighted by atomic mass is 10.0. The Balaban J connectivity index is 0.00000288. The number of methoxy groups -OCH3 is 2. The zero-order chi connectivity index (χ0) is 17.0. The Labute approximate surface area is 146 Å². The maximum atomic E-state index is 12.3. The molecule has 6 nitrogen and oxygen atoms in total. The van der Waals surface area contributed by atoms with Crippen molar-refractivity contribution in [1.29, 1.82) is 0 Å². The number of aryl methyl sites for hydroxylation is 1. The standard InChI is InChI=1S/C17H20N2O4.ClH/c1-19-9-8-14(22-2)15(16(19)20)12-6-4-11(5-7-12)10-13(18)17(21)23-3;/h4-9,13H,10,18H2,1-3H3;1H/t13-;/m0./s1. The van der Waals surface area contributed by atoms with Crippen molar-refractivity contribution in [3.8, 4) is 16.9 Å². The fourth-order valence-corrected chi connectivity index (χ4v) is 2.34. The Bertz CT molecular complexity index is 756. The molecule has 1 aromatic heterocycles. The molecule has 1 aromatic carbocycles. The molecule has 1 atom stereocenters. The SMILES string of the molecule is COC(=O)[C@@H](N)Cc1ccc(-c2c(OC)ccn(C)c2=O)cc1.Cl. The Morgan fingerprint density at radius 2 is 1.83 bits per heavy atom. The highest BCUT2D eigenvalue weighted by Crippen LogP contribution is 2.26. The van der Waals surface area contributed by atoms with Crippen LogP contribution in [0.2, 0.25) is 0 Å². The third-order valence-electron chi connectivity index (χ3n) is 3.65. The molecule has 24 heavy (non-hydrogen) atoms. The number of nitrogens with two attached hydrogens (primary N) is 1. The Hall–Kier alpha value is -2.31. The van der Waals surface area contributed by atoms with Gasteiger partial charge in [0, 0.05) is 13.2 Å². The van der Waals surface area contributed by atoms with Crippen LogP contribution in [-0.4, -0.2) is 30.8 Å². The highest BCUT2D eigenvalue weighted by atomic mass is 35.5. The number of carbonyl (C=O) groups excluding carboxylic acids is 1. The predicted octanol–water partition coefficient (Wildman–Crippen LogP) is 1.53. The van der Waals surface area contributed by atoms with Crippen molar-refractivity contribution in [3.63, 3.8) is 0 Å². The second kappa shape index (κ2) is 8.52. The van der Waals surface area contributed by atoms with Crippen LogP contribution in [0, 0.1) is 0 Å². The van der Waals surface area contributed by atoms with Gasteiger partial charge in [-0.3, -0.25) is 9.59 Å². The summed E-state index contributed by atoms with van der Waals surface area (Å²) in [5.41, 5.74) is 7.75. The van der Waals surface area contributed by atoms with Gasteiger partial charge in [0.1, 0.15) is 11.8 Å². The first-order valence-corrected chi connectivity index (χ1v) is 7.14. The summed E-state index contributed by atoms with van der Waals surface area (Å²) in [5, 5.41) is 0. The minimum atomic E-state index is -0.704. The predicted molar refractivity (Wildman–Crippen MR) is 94.6 cm³/mol. The van der Waals surface area contributed by atoms with Gasteiger partial charge in [-0.25, -0.2) is 0 Å².